The molecule has 2 amide bonds. The summed E-state index contributed by atoms with van der Waals surface area (Å²) in [6.07, 6.45) is 0. The molecule has 0 atom stereocenters. The standard InChI is InChI=1S/C31H32N4O9S2/c1-21(36)32-22-7-16-28(17-8-22)46(40,41)35(24-9-11-25(42-2)12-10-24)20-31(37)33-23-5-14-27(15-6-23)45(38,39)34-29-19-26(43-3)13-18-30(29)44-4/h5-19,34H,20H2,1-4H3,(H,32,36)(H,33,37). The van der Waals surface area contributed by atoms with Crippen LogP contribution in [-0.4, -0.2) is 56.5 Å². The molecule has 0 spiro atoms. The SMILES string of the molecule is COc1ccc(N(CC(=O)Nc2ccc(S(=O)(=O)Nc3cc(OC)ccc3OC)cc2)S(=O)(=O)c2ccc(NC(C)=O)cc2)cc1. The minimum Gasteiger partial charge on any atom is -0.497 e. The van der Waals surface area contributed by atoms with Gasteiger partial charge in [0.25, 0.3) is 20.0 Å². The van der Waals surface area contributed by atoms with E-state index in [1.807, 2.05) is 0 Å². The van der Waals surface area contributed by atoms with Crippen molar-refractivity contribution >= 4 is 54.6 Å². The van der Waals surface area contributed by atoms with Gasteiger partial charge in [-0.05, 0) is 84.9 Å². The van der Waals surface area contributed by atoms with Gasteiger partial charge in [-0.15, -0.1) is 0 Å². The predicted octanol–water partition coefficient (Wildman–Crippen LogP) is 4.31. The number of anilines is 4. The fourth-order valence-corrected chi connectivity index (χ4v) is 6.73. The smallest absolute Gasteiger partial charge is 0.264 e. The number of methoxy groups -OCH3 is 3. The van der Waals surface area contributed by atoms with E-state index >= 15 is 0 Å². The van der Waals surface area contributed by atoms with Gasteiger partial charge in [0.05, 0.1) is 42.5 Å². The fraction of sp³-hybridized carbons (Fsp3) is 0.161. The number of hydrogen-bond acceptors (Lipinski definition) is 9. The predicted molar refractivity (Wildman–Crippen MR) is 174 cm³/mol. The molecular weight excluding hydrogens is 636 g/mol. The third-order valence-electron chi connectivity index (χ3n) is 6.51. The Labute approximate surface area is 267 Å². The van der Waals surface area contributed by atoms with Gasteiger partial charge in [0, 0.05) is 24.4 Å². The van der Waals surface area contributed by atoms with E-state index in [1.165, 1.54) is 95.0 Å². The van der Waals surface area contributed by atoms with Crippen molar-refractivity contribution in [1.82, 2.24) is 0 Å². The normalized spacial score (nSPS) is 11.2. The quantitative estimate of drug-likeness (QED) is 0.188. The van der Waals surface area contributed by atoms with Gasteiger partial charge < -0.3 is 24.8 Å². The average Bonchev–Trinajstić information content (AvgIpc) is 3.03. The zero-order valence-electron chi connectivity index (χ0n) is 25.3. The Morgan fingerprint density at radius 2 is 1.22 bits per heavy atom. The zero-order valence-corrected chi connectivity index (χ0v) is 26.9. The molecule has 0 radical (unpaired) electrons. The maximum absolute atomic E-state index is 13.7. The minimum absolute atomic E-state index is 0.0967. The third-order valence-corrected chi connectivity index (χ3v) is 9.68. The van der Waals surface area contributed by atoms with E-state index in [2.05, 4.69) is 15.4 Å². The van der Waals surface area contributed by atoms with E-state index in [1.54, 1.807) is 24.3 Å². The van der Waals surface area contributed by atoms with E-state index in [9.17, 15) is 26.4 Å². The summed E-state index contributed by atoms with van der Waals surface area (Å²) < 4.78 is 72.6. The van der Waals surface area contributed by atoms with Crippen LogP contribution >= 0.6 is 0 Å². The lowest BCUT2D eigenvalue weighted by atomic mass is 10.3. The monoisotopic (exact) mass is 668 g/mol. The lowest BCUT2D eigenvalue weighted by molar-refractivity contribution is -0.115. The van der Waals surface area contributed by atoms with Crippen LogP contribution in [0.5, 0.6) is 17.2 Å². The van der Waals surface area contributed by atoms with Gasteiger partial charge in [-0.3, -0.25) is 18.6 Å². The summed E-state index contributed by atoms with van der Waals surface area (Å²) in [5.74, 6) is 0.187. The van der Waals surface area contributed by atoms with Gasteiger partial charge in [0.1, 0.15) is 23.8 Å². The van der Waals surface area contributed by atoms with Crippen molar-refractivity contribution in [2.45, 2.75) is 16.7 Å². The number of rotatable bonds is 13. The van der Waals surface area contributed by atoms with Crippen LogP contribution in [0.3, 0.4) is 0 Å². The highest BCUT2D eigenvalue weighted by Gasteiger charge is 2.28. The first-order valence-corrected chi connectivity index (χ1v) is 16.5. The molecule has 4 rings (SSSR count). The van der Waals surface area contributed by atoms with Gasteiger partial charge in [0.2, 0.25) is 11.8 Å². The lowest BCUT2D eigenvalue weighted by Gasteiger charge is -2.24. The molecule has 0 unspecified atom stereocenters. The van der Waals surface area contributed by atoms with Crippen LogP contribution in [0.1, 0.15) is 6.92 Å². The number of hydrogen-bond donors (Lipinski definition) is 3. The number of ether oxygens (including phenoxy) is 3. The summed E-state index contributed by atoms with van der Waals surface area (Å²) in [7, 11) is -3.99. The molecule has 0 saturated heterocycles. The summed E-state index contributed by atoms with van der Waals surface area (Å²) in [5, 5.41) is 5.19. The molecular formula is C31H32N4O9S2. The largest absolute Gasteiger partial charge is 0.497 e. The van der Waals surface area contributed by atoms with Gasteiger partial charge >= 0.3 is 0 Å². The van der Waals surface area contributed by atoms with Gasteiger partial charge in [-0.2, -0.15) is 0 Å². The number of carbonyl (C=O) groups excluding carboxylic acids is 2. The summed E-state index contributed by atoms with van der Waals surface area (Å²) in [6, 6.07) is 21.6. The second-order valence-electron chi connectivity index (χ2n) is 9.66. The Hall–Kier alpha value is -5.28. The van der Waals surface area contributed by atoms with Crippen molar-refractivity contribution in [2.75, 3.05) is 47.5 Å². The number of carbonyl (C=O) groups is 2. The third kappa shape index (κ3) is 8.05. The van der Waals surface area contributed by atoms with Crippen LogP contribution < -0.4 is 33.9 Å². The van der Waals surface area contributed by atoms with Crippen molar-refractivity contribution in [2.24, 2.45) is 0 Å². The van der Waals surface area contributed by atoms with Crippen molar-refractivity contribution in [3.05, 3.63) is 91.0 Å². The highest BCUT2D eigenvalue weighted by molar-refractivity contribution is 7.93. The molecule has 13 nitrogen and oxygen atoms in total. The second kappa shape index (κ2) is 14.2. The van der Waals surface area contributed by atoms with Crippen LogP contribution in [0, 0.1) is 0 Å². The van der Waals surface area contributed by atoms with E-state index < -0.39 is 32.5 Å². The minimum atomic E-state index is -4.26. The van der Waals surface area contributed by atoms with E-state index in [0.717, 1.165) is 4.31 Å². The van der Waals surface area contributed by atoms with Crippen molar-refractivity contribution in [3.8, 4) is 17.2 Å². The van der Waals surface area contributed by atoms with E-state index in [0.29, 0.717) is 17.2 Å². The number of sulfonamides is 2. The topological polar surface area (TPSA) is 169 Å². The van der Waals surface area contributed by atoms with Crippen LogP contribution in [0.2, 0.25) is 0 Å². The molecule has 0 bridgehead atoms. The highest BCUT2D eigenvalue weighted by atomic mass is 32.2. The first-order valence-electron chi connectivity index (χ1n) is 13.6. The first-order chi connectivity index (χ1) is 21.9. The molecule has 46 heavy (non-hydrogen) atoms. The molecule has 0 aliphatic heterocycles. The second-order valence-corrected chi connectivity index (χ2v) is 13.2. The maximum atomic E-state index is 13.7. The Balaban J connectivity index is 1.54. The molecule has 0 heterocycles. The zero-order chi connectivity index (χ0) is 33.5. The summed E-state index contributed by atoms with van der Waals surface area (Å²) in [6.45, 7) is 0.719. The van der Waals surface area contributed by atoms with Crippen molar-refractivity contribution < 1.29 is 40.6 Å². The average molecular weight is 669 g/mol. The number of benzene rings is 4. The van der Waals surface area contributed by atoms with Gasteiger partial charge in [0.15, 0.2) is 0 Å². The Kier molecular flexibility index (Phi) is 10.4. The lowest BCUT2D eigenvalue weighted by Crippen LogP contribution is -2.38. The molecule has 0 aliphatic rings. The summed E-state index contributed by atoms with van der Waals surface area (Å²) >= 11 is 0. The van der Waals surface area contributed by atoms with E-state index in [4.69, 9.17) is 14.2 Å². The van der Waals surface area contributed by atoms with Gasteiger partial charge in [-0.25, -0.2) is 16.8 Å². The molecule has 242 valence electrons. The van der Waals surface area contributed by atoms with Crippen LogP contribution in [0.4, 0.5) is 22.7 Å². The number of amides is 2. The summed E-state index contributed by atoms with van der Waals surface area (Å²) in [5.41, 5.74) is 1.00. The molecule has 15 heteroatoms. The molecule has 0 aromatic heterocycles. The van der Waals surface area contributed by atoms with Crippen molar-refractivity contribution in [1.29, 1.82) is 0 Å². The molecule has 0 aliphatic carbocycles. The van der Waals surface area contributed by atoms with Crippen LogP contribution in [0.25, 0.3) is 0 Å². The molecule has 3 N–H and O–H groups in total. The Morgan fingerprint density at radius 3 is 1.76 bits per heavy atom. The number of nitrogens with one attached hydrogen (secondary N) is 3. The van der Waals surface area contributed by atoms with Crippen LogP contribution in [0.15, 0.2) is 101 Å². The maximum Gasteiger partial charge on any atom is 0.264 e. The Morgan fingerprint density at radius 1 is 0.674 bits per heavy atom. The number of nitrogens with zero attached hydrogens (tertiary/aromatic N) is 1. The fourth-order valence-electron chi connectivity index (χ4n) is 4.25. The van der Waals surface area contributed by atoms with E-state index in [-0.39, 0.29) is 38.5 Å². The molecule has 4 aromatic carbocycles. The highest BCUT2D eigenvalue weighted by Crippen LogP contribution is 2.31. The molecule has 4 aromatic rings. The molecule has 0 saturated carbocycles. The Bertz CT molecular complexity index is 1910. The van der Waals surface area contributed by atoms with Gasteiger partial charge in [-0.1, -0.05) is 0 Å². The first kappa shape index (κ1) is 33.6. The van der Waals surface area contributed by atoms with Crippen LogP contribution in [-0.2, 0) is 29.6 Å². The molecule has 0 fully saturated rings. The van der Waals surface area contributed by atoms with Crippen molar-refractivity contribution in [3.63, 3.8) is 0 Å². The summed E-state index contributed by atoms with van der Waals surface area (Å²) in [4.78, 5) is 24.3.